The average Bonchev–Trinajstić information content (AvgIpc) is 1.70. The van der Waals surface area contributed by atoms with Gasteiger partial charge < -0.3 is 13.6 Å². The second kappa shape index (κ2) is 20.3. The summed E-state index contributed by atoms with van der Waals surface area (Å²) >= 11 is 0. The Hall–Kier alpha value is -8.89. The van der Waals surface area contributed by atoms with E-state index in [0.29, 0.717) is 28.0 Å². The molecule has 4 heterocycles. The first-order chi connectivity index (χ1) is 42.2. The van der Waals surface area contributed by atoms with Crippen molar-refractivity contribution in [2.24, 2.45) is 0 Å². The van der Waals surface area contributed by atoms with E-state index in [2.05, 4.69) is 137 Å². The van der Waals surface area contributed by atoms with Crippen molar-refractivity contribution >= 4 is 54.8 Å². The first-order valence-corrected chi connectivity index (χ1v) is 27.0. The molecule has 0 atom stereocenters. The molecule has 0 aliphatic heterocycles. The van der Waals surface area contributed by atoms with Gasteiger partial charge >= 0.3 is 0 Å². The quantitative estimate of drug-likeness (QED) is 0.107. The molecule has 6 heteroatoms. The SMILES string of the molecule is [2H]c1c(Cc2[c-]c3c(cc2)c2ccccc2n3-c2nccc3oc4ccccc4c23)[c-]c(-n2[c-][n+](-c3c(-c4cccc(-c5ccccc5)c4)cc(C(C)(C)C)cc3-c3cc(-c4c([2H])c([2H])c([2H])c([2H])c4[2H])cc(C(C)(C)C)c3)c3ccccc32)c([2H])c1[2H].[Pt]. The number of rotatable bonds is 9. The van der Waals surface area contributed by atoms with Crippen LogP contribution in [0, 0.1) is 18.5 Å². The molecule has 81 heavy (non-hydrogen) atoms. The Balaban J connectivity index is 0.00000729. The maximum atomic E-state index is 9.68. The van der Waals surface area contributed by atoms with E-state index >= 15 is 0 Å². The summed E-state index contributed by atoms with van der Waals surface area (Å²) in [5.41, 5.74) is 13.7. The molecule has 0 radical (unpaired) electrons. The third kappa shape index (κ3) is 9.30. The molecule has 0 spiro atoms. The molecule has 0 bridgehead atoms. The van der Waals surface area contributed by atoms with Gasteiger partial charge in [-0.3, -0.25) is 4.57 Å². The zero-order valence-electron chi connectivity index (χ0n) is 53.5. The largest absolute Gasteiger partial charge is 0.456 e. The molecule has 4 aromatic heterocycles. The minimum Gasteiger partial charge on any atom is -0.456 e. The van der Waals surface area contributed by atoms with E-state index in [4.69, 9.17) is 13.5 Å². The standard InChI is InChI=1S/C75H58N4O.Pt/c1-74(2,3)57-44-55(52-24-11-8-12-25-52)43-56(45-57)64-47-58(75(4,5)6)46-63(54-27-20-26-53(42-54)51-22-9-7-10-23-51)72(64)78-48-77(66-32-16-17-33-67(66)78)59-28-19-21-49(40-59)39-50-35-36-61-60-29-13-15-31-65(60)79(68(61)41-50)73-71-62-30-14-18-34-69(62)80-70(71)37-38-76-73;/h7-38,42-47H,39H2,1-6H3;/q-2;/i8D,11D,12D,19D,21D,24D,25D,28D;. The molecule has 0 fully saturated rings. The van der Waals surface area contributed by atoms with Gasteiger partial charge in [0.1, 0.15) is 17.0 Å². The van der Waals surface area contributed by atoms with Gasteiger partial charge in [-0.15, -0.1) is 5.39 Å². The molecule has 396 valence electrons. The number of fused-ring (bicyclic) bond motifs is 7. The van der Waals surface area contributed by atoms with Crippen LogP contribution in [0.1, 0.15) is 74.8 Å². The number of hydrogen-bond donors (Lipinski definition) is 0. The molecule has 0 saturated carbocycles. The summed E-state index contributed by atoms with van der Waals surface area (Å²) in [5, 5.41) is 3.82. The van der Waals surface area contributed by atoms with Crippen molar-refractivity contribution in [2.45, 2.75) is 58.8 Å². The van der Waals surface area contributed by atoms with E-state index in [9.17, 15) is 6.85 Å². The number of para-hydroxylation sites is 4. The van der Waals surface area contributed by atoms with Crippen LogP contribution >= 0.6 is 0 Å². The number of nitrogens with zero attached hydrogens (tertiary/aromatic N) is 4. The van der Waals surface area contributed by atoms with E-state index in [0.717, 1.165) is 99.4 Å². The molecule has 0 aliphatic rings. The van der Waals surface area contributed by atoms with Crippen molar-refractivity contribution < 1.29 is 41.0 Å². The van der Waals surface area contributed by atoms with Crippen LogP contribution in [0.5, 0.6) is 0 Å². The van der Waals surface area contributed by atoms with Gasteiger partial charge in [0.2, 0.25) is 0 Å². The van der Waals surface area contributed by atoms with Crippen molar-refractivity contribution in [3.8, 4) is 61.7 Å². The monoisotopic (exact) mass is 1230 g/mol. The molecule has 0 N–H and O–H groups in total. The fraction of sp³-hybridized carbons (Fsp3) is 0.120. The van der Waals surface area contributed by atoms with Gasteiger partial charge in [0.15, 0.2) is 0 Å². The van der Waals surface area contributed by atoms with Gasteiger partial charge in [-0.05, 0) is 117 Å². The van der Waals surface area contributed by atoms with E-state index in [1.165, 1.54) is 0 Å². The van der Waals surface area contributed by atoms with Crippen LogP contribution in [0.15, 0.2) is 235 Å². The Morgan fingerprint density at radius 2 is 1.19 bits per heavy atom. The van der Waals surface area contributed by atoms with Crippen LogP contribution in [0.3, 0.4) is 0 Å². The Morgan fingerprint density at radius 3 is 1.99 bits per heavy atom. The normalized spacial score (nSPS) is 13.4. The zero-order valence-corrected chi connectivity index (χ0v) is 47.8. The fourth-order valence-corrected chi connectivity index (χ4v) is 11.2. The maximum absolute atomic E-state index is 9.68. The van der Waals surface area contributed by atoms with Crippen LogP contribution < -0.4 is 4.57 Å². The molecule has 0 unspecified atom stereocenters. The Kier molecular flexibility index (Phi) is 10.8. The third-order valence-corrected chi connectivity index (χ3v) is 15.3. The molecule has 0 saturated heterocycles. The van der Waals surface area contributed by atoms with Gasteiger partial charge in [-0.1, -0.05) is 211 Å². The van der Waals surface area contributed by atoms with E-state index in [-0.39, 0.29) is 74.4 Å². The summed E-state index contributed by atoms with van der Waals surface area (Å²) in [7, 11) is 0. The molecule has 0 amide bonds. The van der Waals surface area contributed by atoms with Crippen molar-refractivity contribution in [1.29, 1.82) is 0 Å². The minimum atomic E-state index is -0.460. The molecule has 10 aromatic carbocycles. The summed E-state index contributed by atoms with van der Waals surface area (Å²) in [4.78, 5) is 5.00. The first kappa shape index (κ1) is 43.0. The number of hydrogen-bond acceptors (Lipinski definition) is 2. The predicted molar refractivity (Wildman–Crippen MR) is 329 cm³/mol. The molecule has 5 nitrogen and oxygen atoms in total. The summed E-state index contributed by atoms with van der Waals surface area (Å²) in [5.74, 6) is 0.701. The summed E-state index contributed by atoms with van der Waals surface area (Å²) in [6.45, 7) is 12.8. The Bertz CT molecular complexity index is 5180. The molecule has 0 aliphatic carbocycles. The molecular formula is C75H58N4OPt-2. The number of aromatic nitrogens is 4. The van der Waals surface area contributed by atoms with Crippen LogP contribution in [0.4, 0.5) is 0 Å². The van der Waals surface area contributed by atoms with Gasteiger partial charge in [0, 0.05) is 39.5 Å². The molecule has 14 aromatic rings. The van der Waals surface area contributed by atoms with Crippen molar-refractivity contribution in [2.75, 3.05) is 0 Å². The van der Waals surface area contributed by atoms with Gasteiger partial charge in [0.05, 0.1) is 29.0 Å². The smallest absolute Gasteiger partial charge is 0.268 e. The maximum Gasteiger partial charge on any atom is 0.268 e. The third-order valence-electron chi connectivity index (χ3n) is 15.3. The second-order valence-electron chi connectivity index (χ2n) is 22.6. The van der Waals surface area contributed by atoms with E-state index < -0.39 is 23.5 Å². The fourth-order valence-electron chi connectivity index (χ4n) is 11.2. The van der Waals surface area contributed by atoms with Crippen LogP contribution in [-0.4, -0.2) is 14.1 Å². The molecular weight excluding hydrogens is 1170 g/mol. The number of pyridine rings is 1. The van der Waals surface area contributed by atoms with E-state index in [1.807, 2.05) is 108 Å². The summed E-state index contributed by atoms with van der Waals surface area (Å²) < 4.78 is 85.3. The van der Waals surface area contributed by atoms with Crippen molar-refractivity contribution in [1.82, 2.24) is 14.1 Å². The van der Waals surface area contributed by atoms with Gasteiger partial charge in [-0.25, -0.2) is 4.98 Å². The van der Waals surface area contributed by atoms with Crippen LogP contribution in [0.25, 0.3) is 116 Å². The van der Waals surface area contributed by atoms with Gasteiger partial charge in [0.25, 0.3) is 6.33 Å². The van der Waals surface area contributed by atoms with Crippen LogP contribution in [-0.2, 0) is 38.3 Å². The number of furan rings is 1. The van der Waals surface area contributed by atoms with E-state index in [1.54, 1.807) is 10.8 Å². The topological polar surface area (TPSA) is 39.8 Å². The number of benzene rings is 10. The zero-order chi connectivity index (χ0) is 61.2. The van der Waals surface area contributed by atoms with Crippen molar-refractivity contribution in [3.05, 3.63) is 271 Å². The first-order valence-electron chi connectivity index (χ1n) is 31.0. The Labute approximate surface area is 498 Å². The van der Waals surface area contributed by atoms with Crippen LogP contribution in [0.2, 0.25) is 0 Å². The number of imidazole rings is 1. The summed E-state index contributed by atoms with van der Waals surface area (Å²) in [6.07, 6.45) is 5.66. The predicted octanol–water partition coefficient (Wildman–Crippen LogP) is 18.6. The Morgan fingerprint density at radius 1 is 0.519 bits per heavy atom. The average molecular weight is 1230 g/mol. The van der Waals surface area contributed by atoms with Gasteiger partial charge in [-0.2, -0.15) is 53.5 Å². The van der Waals surface area contributed by atoms with Crippen molar-refractivity contribution in [3.63, 3.8) is 0 Å². The minimum absolute atomic E-state index is 0. The second-order valence-corrected chi connectivity index (χ2v) is 22.6. The molecule has 14 rings (SSSR count). The summed E-state index contributed by atoms with van der Waals surface area (Å²) in [6, 6.07) is 64.0.